The van der Waals surface area contributed by atoms with Crippen molar-refractivity contribution in [3.8, 4) is 16.9 Å². The monoisotopic (exact) mass is 605 g/mol. The maximum absolute atomic E-state index is 15.8. The third-order valence-corrected chi connectivity index (χ3v) is 7.85. The summed E-state index contributed by atoms with van der Waals surface area (Å²) in [6.07, 6.45) is -2.50. The molecule has 1 atom stereocenters. The van der Waals surface area contributed by atoms with Crippen LogP contribution in [-0.2, 0) is 46.8 Å². The predicted octanol–water partition coefficient (Wildman–Crippen LogP) is 6.56. The first-order valence-electron chi connectivity index (χ1n) is 13.2. The first-order valence-corrected chi connectivity index (χ1v) is 14.3. The number of fused-ring (bicyclic) bond motifs is 1. The number of nitrogens with zero attached hydrogens (tertiary/aromatic N) is 2. The van der Waals surface area contributed by atoms with Gasteiger partial charge in [-0.15, -0.1) is 17.9 Å². The fourth-order valence-corrected chi connectivity index (χ4v) is 5.02. The standard InChI is InChI=1S/C30H31F4N3O4S/c1-5-40-27(38)16-20-8-6-7-9-26(20)41-18-19-14-23(21-11-13-37(25(21)15-19)30(32,33)34)22-10-12-35-24(28(22)31)17-36-42(39)29(2,3)4/h6-15,36H,5,16-18H2,1-4H3/t42-/m0/s1. The molecule has 0 saturated heterocycles. The fourth-order valence-electron chi connectivity index (χ4n) is 4.32. The molecule has 2 heterocycles. The van der Waals surface area contributed by atoms with Crippen LogP contribution in [0.5, 0.6) is 5.75 Å². The van der Waals surface area contributed by atoms with E-state index >= 15 is 4.39 Å². The number of alkyl halides is 3. The highest BCUT2D eigenvalue weighted by atomic mass is 32.2. The Hall–Kier alpha value is -3.61. The van der Waals surface area contributed by atoms with Gasteiger partial charge in [-0.3, -0.25) is 14.3 Å². The van der Waals surface area contributed by atoms with Gasteiger partial charge < -0.3 is 14.0 Å². The summed E-state index contributed by atoms with van der Waals surface area (Å²) in [7, 11) is 0. The van der Waals surface area contributed by atoms with Crippen LogP contribution in [0, 0.1) is 5.82 Å². The van der Waals surface area contributed by atoms with Crippen molar-refractivity contribution < 1.29 is 36.4 Å². The zero-order valence-electron chi connectivity index (χ0n) is 23.5. The van der Waals surface area contributed by atoms with Crippen molar-refractivity contribution >= 4 is 28.2 Å². The minimum absolute atomic E-state index is 0.0250. The number of halogens is 4. The van der Waals surface area contributed by atoms with Crippen LogP contribution in [0.4, 0.5) is 17.6 Å². The van der Waals surface area contributed by atoms with Gasteiger partial charge in [0.2, 0.25) is 0 Å². The van der Waals surface area contributed by atoms with Crippen LogP contribution >= 0.6 is 0 Å². The molecule has 7 nitrogen and oxygen atoms in total. The van der Waals surface area contributed by atoms with Crippen LogP contribution in [0.2, 0.25) is 0 Å². The van der Waals surface area contributed by atoms with Crippen LogP contribution < -0.4 is 9.46 Å². The van der Waals surface area contributed by atoms with Gasteiger partial charge in [0.15, 0.2) is 5.82 Å². The first kappa shape index (κ1) is 31.3. The molecule has 0 bridgehead atoms. The van der Waals surface area contributed by atoms with Gasteiger partial charge in [-0.05, 0) is 69.2 Å². The molecule has 0 saturated carbocycles. The molecule has 4 aromatic rings. The number of carbonyl (C=O) groups excluding carboxylic acids is 1. The smallest absolute Gasteiger partial charge is 0.488 e. The van der Waals surface area contributed by atoms with Crippen LogP contribution in [-0.4, -0.2) is 31.4 Å². The zero-order chi connectivity index (χ0) is 30.7. The molecule has 0 unspecified atom stereocenters. The third-order valence-electron chi connectivity index (χ3n) is 6.33. The van der Waals surface area contributed by atoms with Crippen molar-refractivity contribution in [1.82, 2.24) is 14.3 Å². The van der Waals surface area contributed by atoms with E-state index in [1.165, 1.54) is 24.4 Å². The van der Waals surface area contributed by atoms with Gasteiger partial charge in [0.25, 0.3) is 0 Å². The second-order valence-electron chi connectivity index (χ2n) is 10.4. The molecule has 12 heteroatoms. The molecule has 0 aliphatic rings. The summed E-state index contributed by atoms with van der Waals surface area (Å²) < 4.78 is 83.2. The van der Waals surface area contributed by atoms with Gasteiger partial charge in [0.05, 0.1) is 30.8 Å². The molecule has 2 aromatic heterocycles. The average molecular weight is 606 g/mol. The van der Waals surface area contributed by atoms with Gasteiger partial charge in [0, 0.05) is 40.3 Å². The summed E-state index contributed by atoms with van der Waals surface area (Å²) >= 11 is -1.49. The lowest BCUT2D eigenvalue weighted by Gasteiger charge is -2.23. The highest BCUT2D eigenvalue weighted by Gasteiger charge is 2.32. The Labute approximate surface area is 244 Å². The Kier molecular flexibility index (Phi) is 9.49. The van der Waals surface area contributed by atoms with Gasteiger partial charge >= 0.3 is 12.3 Å². The number of carbonyl (C=O) groups is 1. The Bertz CT molecular complexity index is 1570. The normalized spacial score (nSPS) is 12.9. The van der Waals surface area contributed by atoms with E-state index in [-0.39, 0.29) is 58.5 Å². The number of hydrogen-bond donors (Lipinski definition) is 1. The minimum atomic E-state index is -4.71. The first-order chi connectivity index (χ1) is 19.8. The summed E-state index contributed by atoms with van der Waals surface area (Å²) in [6.45, 7) is 6.92. The second-order valence-corrected chi connectivity index (χ2v) is 12.5. The van der Waals surface area contributed by atoms with Crippen LogP contribution in [0.25, 0.3) is 22.0 Å². The summed E-state index contributed by atoms with van der Waals surface area (Å²) in [5.41, 5.74) is 0.953. The van der Waals surface area contributed by atoms with Gasteiger partial charge in [-0.1, -0.05) is 18.2 Å². The molecule has 42 heavy (non-hydrogen) atoms. The van der Waals surface area contributed by atoms with Gasteiger partial charge in [0.1, 0.15) is 17.1 Å². The lowest BCUT2D eigenvalue weighted by Crippen LogP contribution is -2.39. The number of esters is 1. The Morgan fingerprint density at radius 3 is 2.52 bits per heavy atom. The number of para-hydroxylation sites is 1. The van der Waals surface area contributed by atoms with Crippen molar-refractivity contribution in [2.45, 2.75) is 58.3 Å². The molecule has 0 aliphatic carbocycles. The van der Waals surface area contributed by atoms with E-state index < -0.39 is 34.2 Å². The Balaban J connectivity index is 1.73. The third kappa shape index (κ3) is 7.23. The molecule has 224 valence electrons. The number of hydrogen-bond acceptors (Lipinski definition) is 6. The van der Waals surface area contributed by atoms with Crippen molar-refractivity contribution in [2.75, 3.05) is 6.61 Å². The quantitative estimate of drug-likeness (QED) is 0.125. The lowest BCUT2D eigenvalue weighted by molar-refractivity contribution is -0.200. The lowest BCUT2D eigenvalue weighted by atomic mass is 9.98. The number of rotatable bonds is 10. The Morgan fingerprint density at radius 2 is 1.83 bits per heavy atom. The molecule has 0 radical (unpaired) electrons. The highest BCUT2D eigenvalue weighted by molar-refractivity contribution is 7.90. The van der Waals surface area contributed by atoms with Gasteiger partial charge in [-0.25, -0.2) is 4.39 Å². The SMILES string of the molecule is CCOC(=O)Cc1ccccc1OCc1cc(-c2ccnc(CN[S@@+]([O-])C(C)(C)C)c2F)c2ccn(C(F)(F)F)c2c1. The number of aromatic nitrogens is 2. The average Bonchev–Trinajstić information content (AvgIpc) is 3.36. The largest absolute Gasteiger partial charge is 0.598 e. The summed E-state index contributed by atoms with van der Waals surface area (Å²) in [5.74, 6) is -0.812. The molecule has 0 spiro atoms. The molecule has 0 fully saturated rings. The van der Waals surface area contributed by atoms with Crippen molar-refractivity contribution in [3.63, 3.8) is 0 Å². The van der Waals surface area contributed by atoms with E-state index in [1.807, 2.05) is 0 Å². The Morgan fingerprint density at radius 1 is 1.10 bits per heavy atom. The van der Waals surface area contributed by atoms with Crippen molar-refractivity contribution in [2.24, 2.45) is 0 Å². The van der Waals surface area contributed by atoms with E-state index in [9.17, 15) is 22.5 Å². The number of pyridine rings is 1. The van der Waals surface area contributed by atoms with E-state index in [2.05, 4.69) is 9.71 Å². The van der Waals surface area contributed by atoms with E-state index in [0.717, 1.165) is 6.20 Å². The number of benzene rings is 2. The molecule has 0 aliphatic heterocycles. The van der Waals surface area contributed by atoms with Crippen LogP contribution in [0.3, 0.4) is 0 Å². The van der Waals surface area contributed by atoms with Gasteiger partial charge in [-0.2, -0.15) is 0 Å². The second kappa shape index (κ2) is 12.7. The van der Waals surface area contributed by atoms with Crippen LogP contribution in [0.15, 0.2) is 60.9 Å². The maximum atomic E-state index is 15.8. The van der Waals surface area contributed by atoms with E-state index in [0.29, 0.717) is 16.9 Å². The fraction of sp³-hybridized carbons (Fsp3) is 0.333. The van der Waals surface area contributed by atoms with E-state index in [4.69, 9.17) is 9.47 Å². The minimum Gasteiger partial charge on any atom is -0.598 e. The van der Waals surface area contributed by atoms with Crippen molar-refractivity contribution in [3.05, 3.63) is 83.6 Å². The molecule has 4 rings (SSSR count). The van der Waals surface area contributed by atoms with E-state index in [1.54, 1.807) is 58.0 Å². The topological polar surface area (TPSA) is 88.4 Å². The predicted molar refractivity (Wildman–Crippen MR) is 152 cm³/mol. The maximum Gasteiger partial charge on any atom is 0.488 e. The molecule has 1 N–H and O–H groups in total. The highest BCUT2D eigenvalue weighted by Crippen LogP contribution is 2.37. The molecular weight excluding hydrogens is 574 g/mol. The molecule has 0 amide bonds. The summed E-state index contributed by atoms with van der Waals surface area (Å²) in [6, 6.07) is 12.4. The summed E-state index contributed by atoms with van der Waals surface area (Å²) in [5, 5.41) is 0.182. The van der Waals surface area contributed by atoms with Crippen molar-refractivity contribution in [1.29, 1.82) is 0 Å². The summed E-state index contributed by atoms with van der Waals surface area (Å²) in [4.78, 5) is 16.1. The molecule has 2 aromatic carbocycles. The number of nitrogens with one attached hydrogen (secondary N) is 1. The van der Waals surface area contributed by atoms with Crippen LogP contribution in [0.1, 0.15) is 44.5 Å². The number of ether oxygens (including phenoxy) is 2. The zero-order valence-corrected chi connectivity index (χ0v) is 24.4. The molecular formula is C30H31F4N3O4S.